The number of hydrogen-bond acceptors (Lipinski definition) is 4. The molecule has 0 fully saturated rings. The molecule has 1 aromatic heterocycles. The highest BCUT2D eigenvalue weighted by Gasteiger charge is 2.28. The third-order valence-electron chi connectivity index (χ3n) is 4.00. The lowest BCUT2D eigenvalue weighted by Crippen LogP contribution is -2.22. The van der Waals surface area contributed by atoms with Crippen LogP contribution in [-0.4, -0.2) is 21.0 Å². The summed E-state index contributed by atoms with van der Waals surface area (Å²) in [5.74, 6) is -0.543. The number of aliphatic hydroxyl groups is 1. The quantitative estimate of drug-likeness (QED) is 0.767. The number of hydrogen-bond donors (Lipinski definition) is 2. The first-order chi connectivity index (χ1) is 11.9. The van der Waals surface area contributed by atoms with E-state index in [4.69, 9.17) is 5.73 Å². The van der Waals surface area contributed by atoms with Crippen LogP contribution in [0.5, 0.6) is 0 Å². The van der Waals surface area contributed by atoms with Crippen LogP contribution in [0.4, 0.5) is 0 Å². The molecule has 0 unspecified atom stereocenters. The van der Waals surface area contributed by atoms with E-state index < -0.39 is 11.5 Å². The van der Waals surface area contributed by atoms with Gasteiger partial charge in [0.05, 0.1) is 11.3 Å². The molecule has 5 heteroatoms. The van der Waals surface area contributed by atoms with E-state index in [1.807, 2.05) is 30.3 Å². The summed E-state index contributed by atoms with van der Waals surface area (Å²) in [5.41, 5.74) is 8.20. The summed E-state index contributed by atoms with van der Waals surface area (Å²) in [6.07, 6.45) is 3.09. The van der Waals surface area contributed by atoms with E-state index in [-0.39, 0.29) is 0 Å². The fourth-order valence-electron chi connectivity index (χ4n) is 3.01. The van der Waals surface area contributed by atoms with Crippen molar-refractivity contribution in [3.8, 4) is 22.4 Å². The van der Waals surface area contributed by atoms with E-state index in [1.54, 1.807) is 38.2 Å². The van der Waals surface area contributed by atoms with Crippen LogP contribution in [0, 0.1) is 0 Å². The first kappa shape index (κ1) is 16.8. The predicted octanol–water partition coefficient (Wildman–Crippen LogP) is 3.14. The van der Waals surface area contributed by atoms with Gasteiger partial charge in [0.15, 0.2) is 0 Å². The van der Waals surface area contributed by atoms with Gasteiger partial charge >= 0.3 is 0 Å². The summed E-state index contributed by atoms with van der Waals surface area (Å²) in [6.45, 7) is 3.37. The Bertz CT molecular complexity index is 901. The van der Waals surface area contributed by atoms with E-state index >= 15 is 0 Å². The number of nitrogens with two attached hydrogens (primary N) is 1. The van der Waals surface area contributed by atoms with E-state index in [0.717, 1.165) is 11.1 Å². The normalized spacial score (nSPS) is 11.3. The largest absolute Gasteiger partial charge is 0.386 e. The molecular weight excluding hydrogens is 314 g/mol. The molecule has 5 nitrogen and oxygen atoms in total. The zero-order chi connectivity index (χ0) is 18.0. The van der Waals surface area contributed by atoms with Gasteiger partial charge in [-0.2, -0.15) is 0 Å². The van der Waals surface area contributed by atoms with Crippen molar-refractivity contribution in [1.82, 2.24) is 9.97 Å². The van der Waals surface area contributed by atoms with Crippen molar-refractivity contribution < 1.29 is 9.90 Å². The molecule has 3 rings (SSSR count). The van der Waals surface area contributed by atoms with Crippen molar-refractivity contribution in [2.75, 3.05) is 0 Å². The standard InChI is InChI=1S/C20H19N3O2/c1-20(2,25)18-14(16-10-11-22-12-23-16)8-9-15(19(21)24)17(18)13-6-4-3-5-7-13/h3-12,25H,1-2H3,(H2,21,24). The molecule has 0 saturated carbocycles. The topological polar surface area (TPSA) is 89.1 Å². The molecule has 126 valence electrons. The van der Waals surface area contributed by atoms with Crippen LogP contribution in [0.15, 0.2) is 61.1 Å². The van der Waals surface area contributed by atoms with Gasteiger partial charge in [0.25, 0.3) is 0 Å². The number of carbonyl (C=O) groups excluding carboxylic acids is 1. The Morgan fingerprint density at radius 2 is 1.80 bits per heavy atom. The second kappa shape index (κ2) is 6.45. The Hall–Kier alpha value is -3.05. The maximum atomic E-state index is 12.0. The second-order valence-corrected chi connectivity index (χ2v) is 6.29. The van der Waals surface area contributed by atoms with Crippen LogP contribution in [0.1, 0.15) is 29.8 Å². The molecule has 0 saturated heterocycles. The number of carbonyl (C=O) groups is 1. The van der Waals surface area contributed by atoms with Crippen molar-refractivity contribution in [3.63, 3.8) is 0 Å². The van der Waals surface area contributed by atoms with Gasteiger partial charge in [0.1, 0.15) is 6.33 Å². The Morgan fingerprint density at radius 3 is 2.36 bits per heavy atom. The molecule has 2 aromatic carbocycles. The van der Waals surface area contributed by atoms with Crippen molar-refractivity contribution in [3.05, 3.63) is 72.2 Å². The molecule has 3 aromatic rings. The van der Waals surface area contributed by atoms with Crippen molar-refractivity contribution in [2.24, 2.45) is 5.73 Å². The molecule has 0 aliphatic heterocycles. The van der Waals surface area contributed by atoms with Crippen molar-refractivity contribution in [1.29, 1.82) is 0 Å². The minimum absolute atomic E-state index is 0.362. The zero-order valence-corrected chi connectivity index (χ0v) is 14.1. The summed E-state index contributed by atoms with van der Waals surface area (Å²) in [5, 5.41) is 10.9. The van der Waals surface area contributed by atoms with Gasteiger partial charge in [-0.05, 0) is 31.5 Å². The Kier molecular flexibility index (Phi) is 4.33. The van der Waals surface area contributed by atoms with Crippen LogP contribution in [0.2, 0.25) is 0 Å². The number of primary amides is 1. The fraction of sp³-hybridized carbons (Fsp3) is 0.150. The number of aromatic nitrogens is 2. The first-order valence-electron chi connectivity index (χ1n) is 7.91. The molecule has 0 bridgehead atoms. The second-order valence-electron chi connectivity index (χ2n) is 6.29. The van der Waals surface area contributed by atoms with Gasteiger partial charge in [-0.1, -0.05) is 36.4 Å². The van der Waals surface area contributed by atoms with Gasteiger partial charge < -0.3 is 10.8 Å². The molecule has 0 aliphatic rings. The van der Waals surface area contributed by atoms with E-state index in [0.29, 0.717) is 22.4 Å². The summed E-state index contributed by atoms with van der Waals surface area (Å²) >= 11 is 0. The van der Waals surface area contributed by atoms with Gasteiger partial charge in [-0.3, -0.25) is 4.79 Å². The zero-order valence-electron chi connectivity index (χ0n) is 14.1. The Morgan fingerprint density at radius 1 is 1.08 bits per heavy atom. The molecule has 3 N–H and O–H groups in total. The van der Waals surface area contributed by atoms with E-state index in [9.17, 15) is 9.90 Å². The van der Waals surface area contributed by atoms with Crippen molar-refractivity contribution in [2.45, 2.75) is 19.4 Å². The smallest absolute Gasteiger partial charge is 0.249 e. The molecule has 1 heterocycles. The highest BCUT2D eigenvalue weighted by molar-refractivity contribution is 6.02. The highest BCUT2D eigenvalue weighted by Crippen LogP contribution is 2.40. The average Bonchev–Trinajstić information content (AvgIpc) is 2.61. The monoisotopic (exact) mass is 333 g/mol. The lowest BCUT2D eigenvalue weighted by atomic mass is 9.82. The Labute approximate surface area is 146 Å². The van der Waals surface area contributed by atoms with E-state index in [1.165, 1.54) is 6.33 Å². The predicted molar refractivity (Wildman–Crippen MR) is 96.7 cm³/mol. The lowest BCUT2D eigenvalue weighted by Gasteiger charge is -2.27. The molecule has 0 aliphatic carbocycles. The third kappa shape index (κ3) is 3.27. The summed E-state index contributed by atoms with van der Waals surface area (Å²) in [7, 11) is 0. The number of nitrogens with zero attached hydrogens (tertiary/aromatic N) is 2. The minimum Gasteiger partial charge on any atom is -0.386 e. The van der Waals surface area contributed by atoms with E-state index in [2.05, 4.69) is 9.97 Å². The minimum atomic E-state index is -1.21. The molecule has 0 spiro atoms. The lowest BCUT2D eigenvalue weighted by molar-refractivity contribution is 0.0797. The maximum absolute atomic E-state index is 12.0. The third-order valence-corrected chi connectivity index (χ3v) is 4.00. The summed E-state index contributed by atoms with van der Waals surface area (Å²) < 4.78 is 0. The Balaban J connectivity index is 2.43. The van der Waals surface area contributed by atoms with Gasteiger partial charge in [-0.25, -0.2) is 9.97 Å². The summed E-state index contributed by atoms with van der Waals surface area (Å²) in [6, 6.07) is 14.6. The van der Waals surface area contributed by atoms with Gasteiger partial charge in [0.2, 0.25) is 5.91 Å². The molecule has 1 amide bonds. The maximum Gasteiger partial charge on any atom is 0.249 e. The number of rotatable bonds is 4. The van der Waals surface area contributed by atoms with Crippen LogP contribution in [-0.2, 0) is 5.60 Å². The molecule has 25 heavy (non-hydrogen) atoms. The number of amides is 1. The van der Waals surface area contributed by atoms with Crippen LogP contribution >= 0.6 is 0 Å². The van der Waals surface area contributed by atoms with Gasteiger partial charge in [0, 0.05) is 28.5 Å². The highest BCUT2D eigenvalue weighted by atomic mass is 16.3. The SMILES string of the molecule is CC(C)(O)c1c(-c2ccncn2)ccc(C(N)=O)c1-c1ccccc1. The average molecular weight is 333 g/mol. The van der Waals surface area contributed by atoms with Crippen LogP contribution in [0.3, 0.4) is 0 Å². The first-order valence-corrected chi connectivity index (χ1v) is 7.91. The molecule has 0 radical (unpaired) electrons. The van der Waals surface area contributed by atoms with Crippen LogP contribution in [0.25, 0.3) is 22.4 Å². The summed E-state index contributed by atoms with van der Waals surface area (Å²) in [4.78, 5) is 20.3. The fourth-order valence-corrected chi connectivity index (χ4v) is 3.01. The molecular formula is C20H19N3O2. The van der Waals surface area contributed by atoms with Crippen LogP contribution < -0.4 is 5.73 Å². The molecule has 0 atom stereocenters. The number of benzene rings is 2. The van der Waals surface area contributed by atoms with Gasteiger partial charge in [-0.15, -0.1) is 0 Å². The van der Waals surface area contributed by atoms with Crippen molar-refractivity contribution >= 4 is 5.91 Å².